The summed E-state index contributed by atoms with van der Waals surface area (Å²) in [7, 11) is 0. The van der Waals surface area contributed by atoms with Crippen LogP contribution in [0.25, 0.3) is 22.2 Å². The van der Waals surface area contributed by atoms with Gasteiger partial charge in [0.25, 0.3) is 5.91 Å². The lowest BCUT2D eigenvalue weighted by molar-refractivity contribution is 0.0420. The Kier molecular flexibility index (Phi) is 3.78. The maximum absolute atomic E-state index is 12.2. The van der Waals surface area contributed by atoms with Gasteiger partial charge in [-0.2, -0.15) is 0 Å². The van der Waals surface area contributed by atoms with Gasteiger partial charge in [0.2, 0.25) is 0 Å². The number of benzene rings is 1. The third-order valence-corrected chi connectivity index (χ3v) is 4.56. The minimum Gasteiger partial charge on any atom is -0.464 e. The Hall–Kier alpha value is -2.66. The van der Waals surface area contributed by atoms with Gasteiger partial charge in [-0.25, -0.2) is 0 Å². The van der Waals surface area contributed by atoms with E-state index in [4.69, 9.17) is 4.42 Å². The fraction of sp³-hybridized carbons (Fsp3) is 0.263. The largest absolute Gasteiger partial charge is 0.464 e. The Balaban J connectivity index is 1.48. The molecule has 0 aliphatic heterocycles. The zero-order chi connectivity index (χ0) is 16.5. The minimum absolute atomic E-state index is 0.0857. The molecule has 1 aliphatic carbocycles. The maximum atomic E-state index is 12.2. The summed E-state index contributed by atoms with van der Waals surface area (Å²) < 4.78 is 5.40. The van der Waals surface area contributed by atoms with Gasteiger partial charge in [0.05, 0.1) is 18.1 Å². The summed E-state index contributed by atoms with van der Waals surface area (Å²) in [5.41, 5.74) is 3.21. The highest BCUT2D eigenvalue weighted by molar-refractivity contribution is 5.96. The Labute approximate surface area is 139 Å². The normalized spacial score (nSPS) is 19.9. The monoisotopic (exact) mass is 322 g/mol. The van der Waals surface area contributed by atoms with Crippen molar-refractivity contribution in [1.82, 2.24) is 10.3 Å². The lowest BCUT2D eigenvalue weighted by Crippen LogP contribution is -2.38. The number of aromatic nitrogens is 1. The molecule has 4 rings (SSSR count). The number of hydrogen-bond donors (Lipinski definition) is 2. The summed E-state index contributed by atoms with van der Waals surface area (Å²) in [5.74, 6) is 0.309. The van der Waals surface area contributed by atoms with Crippen molar-refractivity contribution in [3.8, 4) is 11.3 Å². The predicted molar refractivity (Wildman–Crippen MR) is 90.5 cm³/mol. The summed E-state index contributed by atoms with van der Waals surface area (Å²) in [5, 5.41) is 13.2. The number of furan rings is 1. The maximum Gasteiger partial charge on any atom is 0.251 e. The van der Waals surface area contributed by atoms with Crippen LogP contribution in [0.4, 0.5) is 0 Å². The van der Waals surface area contributed by atoms with Crippen LogP contribution in [0, 0.1) is 5.92 Å². The Morgan fingerprint density at radius 3 is 2.75 bits per heavy atom. The topological polar surface area (TPSA) is 75.4 Å². The van der Waals surface area contributed by atoms with Crippen LogP contribution in [0.15, 0.2) is 53.3 Å². The van der Waals surface area contributed by atoms with Crippen molar-refractivity contribution in [2.45, 2.75) is 18.9 Å². The van der Waals surface area contributed by atoms with E-state index in [0.717, 1.165) is 35.1 Å². The molecule has 1 saturated carbocycles. The van der Waals surface area contributed by atoms with E-state index in [1.165, 1.54) is 0 Å². The molecule has 5 nitrogen and oxygen atoms in total. The predicted octanol–water partition coefficient (Wildman–Crippen LogP) is 3.00. The van der Waals surface area contributed by atoms with Crippen LogP contribution in [0.1, 0.15) is 23.2 Å². The van der Waals surface area contributed by atoms with Crippen LogP contribution in [-0.2, 0) is 0 Å². The van der Waals surface area contributed by atoms with Gasteiger partial charge in [-0.15, -0.1) is 0 Å². The van der Waals surface area contributed by atoms with Gasteiger partial charge in [0.15, 0.2) is 0 Å². The van der Waals surface area contributed by atoms with Crippen LogP contribution in [0.3, 0.4) is 0 Å². The first-order chi connectivity index (χ1) is 11.7. The van der Waals surface area contributed by atoms with Crippen molar-refractivity contribution >= 4 is 16.9 Å². The molecular weight excluding hydrogens is 304 g/mol. The third kappa shape index (κ3) is 2.78. The van der Waals surface area contributed by atoms with E-state index < -0.39 is 0 Å². The molecule has 0 radical (unpaired) electrons. The number of pyridine rings is 1. The molecule has 2 N–H and O–H groups in total. The fourth-order valence-corrected chi connectivity index (χ4v) is 3.11. The summed E-state index contributed by atoms with van der Waals surface area (Å²) in [4.78, 5) is 16.6. The highest BCUT2D eigenvalue weighted by Crippen LogP contribution is 2.28. The van der Waals surface area contributed by atoms with Gasteiger partial charge >= 0.3 is 0 Å². The van der Waals surface area contributed by atoms with Crippen molar-refractivity contribution in [3.05, 3.63) is 54.4 Å². The number of carbonyl (C=O) groups is 1. The zero-order valence-electron chi connectivity index (χ0n) is 13.1. The molecule has 0 spiro atoms. The second-order valence-electron chi connectivity index (χ2n) is 6.27. The lowest BCUT2D eigenvalue weighted by Gasteiger charge is -2.31. The number of fused-ring (bicyclic) bond motifs is 1. The number of carbonyl (C=O) groups excluding carboxylic acids is 1. The highest BCUT2D eigenvalue weighted by atomic mass is 16.3. The van der Waals surface area contributed by atoms with E-state index in [9.17, 15) is 9.90 Å². The second-order valence-corrected chi connectivity index (χ2v) is 6.27. The summed E-state index contributed by atoms with van der Waals surface area (Å²) >= 11 is 0. The molecule has 0 unspecified atom stereocenters. The van der Waals surface area contributed by atoms with Gasteiger partial charge < -0.3 is 14.8 Å². The lowest BCUT2D eigenvalue weighted by atomic mass is 9.82. The number of amides is 1. The number of rotatable bonds is 4. The van der Waals surface area contributed by atoms with Crippen LogP contribution >= 0.6 is 0 Å². The molecule has 3 aromatic rings. The van der Waals surface area contributed by atoms with E-state index >= 15 is 0 Å². The molecule has 2 aromatic heterocycles. The van der Waals surface area contributed by atoms with Crippen LogP contribution in [-0.4, -0.2) is 28.6 Å². The van der Waals surface area contributed by atoms with E-state index in [2.05, 4.69) is 10.3 Å². The van der Waals surface area contributed by atoms with E-state index in [1.807, 2.05) is 24.3 Å². The first-order valence-electron chi connectivity index (χ1n) is 8.09. The summed E-state index contributed by atoms with van der Waals surface area (Å²) in [6, 6.07) is 11.1. The van der Waals surface area contributed by atoms with Crippen LogP contribution < -0.4 is 5.32 Å². The SMILES string of the molecule is O=C(NC[C@H]1C[C@H](O)C1)c1ccc(-c2nccc3occc23)cc1. The molecule has 1 amide bonds. The Morgan fingerprint density at radius 1 is 1.21 bits per heavy atom. The van der Waals surface area contributed by atoms with Crippen molar-refractivity contribution in [2.24, 2.45) is 5.92 Å². The number of aliphatic hydroxyl groups excluding tert-OH is 1. The summed E-state index contributed by atoms with van der Waals surface area (Å²) in [6.07, 6.45) is 4.73. The van der Waals surface area contributed by atoms with E-state index in [1.54, 1.807) is 24.6 Å². The molecule has 24 heavy (non-hydrogen) atoms. The van der Waals surface area contributed by atoms with E-state index in [-0.39, 0.29) is 12.0 Å². The molecule has 0 atom stereocenters. The molecule has 0 saturated heterocycles. The van der Waals surface area contributed by atoms with Crippen LogP contribution in [0.2, 0.25) is 0 Å². The quantitative estimate of drug-likeness (QED) is 0.774. The van der Waals surface area contributed by atoms with Crippen molar-refractivity contribution in [1.29, 1.82) is 0 Å². The molecule has 1 aromatic carbocycles. The van der Waals surface area contributed by atoms with Gasteiger partial charge in [0, 0.05) is 29.3 Å². The zero-order valence-corrected chi connectivity index (χ0v) is 13.1. The average Bonchev–Trinajstić information content (AvgIpc) is 3.06. The Bertz CT molecular complexity index is 864. The molecule has 1 aliphatic rings. The third-order valence-electron chi connectivity index (χ3n) is 4.56. The van der Waals surface area contributed by atoms with Crippen molar-refractivity contribution in [2.75, 3.05) is 6.54 Å². The van der Waals surface area contributed by atoms with Gasteiger partial charge in [-0.3, -0.25) is 9.78 Å². The standard InChI is InChI=1S/C19H18N2O3/c22-15-9-12(10-15)11-21-19(23)14-3-1-13(2-4-14)18-16-6-8-24-17(16)5-7-20-18/h1-8,12,15,22H,9-11H2,(H,21,23)/t12-,15-. The first kappa shape index (κ1) is 14.9. The second kappa shape index (κ2) is 6.09. The van der Waals surface area contributed by atoms with Gasteiger partial charge in [-0.05, 0) is 43.0 Å². The molecule has 0 bridgehead atoms. The smallest absolute Gasteiger partial charge is 0.251 e. The fourth-order valence-electron chi connectivity index (χ4n) is 3.11. The number of hydrogen-bond acceptors (Lipinski definition) is 4. The van der Waals surface area contributed by atoms with Crippen LogP contribution in [0.5, 0.6) is 0 Å². The van der Waals surface area contributed by atoms with Crippen molar-refractivity contribution in [3.63, 3.8) is 0 Å². The minimum atomic E-state index is -0.190. The molecule has 122 valence electrons. The number of aliphatic hydroxyl groups is 1. The Morgan fingerprint density at radius 2 is 2.00 bits per heavy atom. The molecule has 5 heteroatoms. The van der Waals surface area contributed by atoms with Gasteiger partial charge in [0.1, 0.15) is 5.58 Å². The summed E-state index contributed by atoms with van der Waals surface area (Å²) in [6.45, 7) is 0.619. The first-order valence-corrected chi connectivity index (χ1v) is 8.09. The molecule has 2 heterocycles. The number of nitrogens with zero attached hydrogens (tertiary/aromatic N) is 1. The number of nitrogens with one attached hydrogen (secondary N) is 1. The average molecular weight is 322 g/mol. The van der Waals surface area contributed by atoms with E-state index in [0.29, 0.717) is 18.0 Å². The highest BCUT2D eigenvalue weighted by Gasteiger charge is 2.27. The molecular formula is C19H18N2O3. The molecule has 1 fully saturated rings. The van der Waals surface area contributed by atoms with Gasteiger partial charge in [-0.1, -0.05) is 12.1 Å². The van der Waals surface area contributed by atoms with Crippen molar-refractivity contribution < 1.29 is 14.3 Å².